The van der Waals surface area contributed by atoms with Gasteiger partial charge in [0.25, 0.3) is 0 Å². The first-order valence-electron chi connectivity index (χ1n) is 10.9. The van der Waals surface area contributed by atoms with Crippen molar-refractivity contribution < 1.29 is 24.1 Å². The highest BCUT2D eigenvalue weighted by molar-refractivity contribution is 5.86. The molecule has 1 N–H and O–H groups in total. The highest BCUT2D eigenvalue weighted by Crippen LogP contribution is 2.45. The molecule has 3 aromatic rings. The van der Waals surface area contributed by atoms with Gasteiger partial charge in [0, 0.05) is 12.0 Å². The molecule has 2 atom stereocenters. The summed E-state index contributed by atoms with van der Waals surface area (Å²) in [4.78, 5) is 12.9. The van der Waals surface area contributed by atoms with Gasteiger partial charge in [-0.2, -0.15) is 0 Å². The Kier molecular flexibility index (Phi) is 5.53. The summed E-state index contributed by atoms with van der Waals surface area (Å²) >= 11 is 0. The van der Waals surface area contributed by atoms with Gasteiger partial charge in [0.2, 0.25) is 0 Å². The van der Waals surface area contributed by atoms with Crippen molar-refractivity contribution in [2.45, 2.75) is 52.6 Å². The third-order valence-corrected chi connectivity index (χ3v) is 6.68. The van der Waals surface area contributed by atoms with E-state index in [0.717, 1.165) is 50.1 Å². The van der Waals surface area contributed by atoms with Crippen molar-refractivity contribution in [3.8, 4) is 17.2 Å². The fourth-order valence-corrected chi connectivity index (χ4v) is 4.38. The Balaban J connectivity index is 1.47. The zero-order valence-corrected chi connectivity index (χ0v) is 19.5. The maximum atomic E-state index is 12.9. The smallest absolute Gasteiger partial charge is 0.313 e. The lowest BCUT2D eigenvalue weighted by Gasteiger charge is -2.25. The van der Waals surface area contributed by atoms with Crippen LogP contribution in [0.1, 0.15) is 47.6 Å². The minimum atomic E-state index is -0.659. The monoisotopic (exact) mass is 434 g/mol. The molecule has 0 fully saturated rings. The second kappa shape index (κ2) is 8.05. The van der Waals surface area contributed by atoms with Gasteiger partial charge in [-0.1, -0.05) is 24.3 Å². The van der Waals surface area contributed by atoms with Crippen molar-refractivity contribution in [2.24, 2.45) is 0 Å². The van der Waals surface area contributed by atoms with Gasteiger partial charge in [0.05, 0.1) is 13.0 Å². The van der Waals surface area contributed by atoms with Gasteiger partial charge in [-0.05, 0) is 79.8 Å². The normalized spacial score (nSPS) is 18.2. The zero-order chi connectivity index (χ0) is 23.2. The molecular formula is C27H30O5. The minimum Gasteiger partial charge on any atom is -0.507 e. The molecule has 5 nitrogen and oxygen atoms in total. The number of phenols is 1. The number of fused-ring (bicyclic) bond motifs is 2. The van der Waals surface area contributed by atoms with Gasteiger partial charge < -0.3 is 19.3 Å². The van der Waals surface area contributed by atoms with Crippen LogP contribution in [0.3, 0.4) is 0 Å². The number of methoxy groups -OCH3 is 1. The van der Waals surface area contributed by atoms with E-state index in [9.17, 15) is 9.90 Å². The Hall–Kier alpha value is -3.21. The maximum absolute atomic E-state index is 12.9. The molecule has 32 heavy (non-hydrogen) atoms. The summed E-state index contributed by atoms with van der Waals surface area (Å²) in [5, 5.41) is 12.5. The molecule has 0 aliphatic carbocycles. The summed E-state index contributed by atoms with van der Waals surface area (Å²) < 4.78 is 17.3. The molecule has 0 unspecified atom stereocenters. The predicted octanol–water partition coefficient (Wildman–Crippen LogP) is 5.52. The van der Waals surface area contributed by atoms with Crippen LogP contribution in [0.15, 0.2) is 36.4 Å². The van der Waals surface area contributed by atoms with Crippen molar-refractivity contribution in [2.75, 3.05) is 13.7 Å². The quantitative estimate of drug-likeness (QED) is 0.536. The molecule has 0 spiro atoms. The van der Waals surface area contributed by atoms with E-state index < -0.39 is 11.5 Å². The molecular weight excluding hydrogens is 404 g/mol. The average Bonchev–Trinajstić information content (AvgIpc) is 3.16. The molecule has 0 bridgehead atoms. The zero-order valence-electron chi connectivity index (χ0n) is 19.5. The van der Waals surface area contributed by atoms with Crippen LogP contribution in [0.2, 0.25) is 0 Å². The molecule has 0 saturated heterocycles. The topological polar surface area (TPSA) is 65.0 Å². The fourth-order valence-electron chi connectivity index (χ4n) is 4.38. The molecule has 1 aliphatic rings. The van der Waals surface area contributed by atoms with Crippen molar-refractivity contribution in [1.82, 2.24) is 0 Å². The van der Waals surface area contributed by atoms with E-state index in [1.54, 1.807) is 7.11 Å². The van der Waals surface area contributed by atoms with Crippen molar-refractivity contribution >= 4 is 16.7 Å². The van der Waals surface area contributed by atoms with Crippen LogP contribution in [0.5, 0.6) is 17.2 Å². The van der Waals surface area contributed by atoms with Gasteiger partial charge in [0.1, 0.15) is 29.5 Å². The molecule has 168 valence electrons. The lowest BCUT2D eigenvalue weighted by molar-refractivity contribution is -0.150. The molecule has 3 aromatic carbocycles. The van der Waals surface area contributed by atoms with Gasteiger partial charge in [-0.15, -0.1) is 0 Å². The number of benzene rings is 3. The number of aromatic hydroxyl groups is 1. The number of rotatable bonds is 5. The van der Waals surface area contributed by atoms with Crippen LogP contribution in [-0.2, 0) is 16.0 Å². The highest BCUT2D eigenvalue weighted by atomic mass is 16.6. The van der Waals surface area contributed by atoms with E-state index in [1.807, 2.05) is 71.0 Å². The number of esters is 1. The van der Waals surface area contributed by atoms with Gasteiger partial charge in [-0.3, -0.25) is 4.79 Å². The van der Waals surface area contributed by atoms with Gasteiger partial charge >= 0.3 is 5.97 Å². The number of carbonyl (C=O) groups is 1. The lowest BCUT2D eigenvalue weighted by atomic mass is 9.93. The summed E-state index contributed by atoms with van der Waals surface area (Å²) in [5.41, 5.74) is 3.82. The SMILES string of the molecule is COc1ccc2cc([C@H](C)C(=O)OC[C@]3(C)Cc4c(C)c(O)c(C)c(C)c4O3)ccc2c1. The van der Waals surface area contributed by atoms with E-state index >= 15 is 0 Å². The van der Waals surface area contributed by atoms with Crippen LogP contribution < -0.4 is 9.47 Å². The Bertz CT molecular complexity index is 1170. The Morgan fingerprint density at radius 3 is 2.50 bits per heavy atom. The maximum Gasteiger partial charge on any atom is 0.313 e. The minimum absolute atomic E-state index is 0.147. The Labute approximate surface area is 188 Å². The molecule has 0 amide bonds. The van der Waals surface area contributed by atoms with Crippen LogP contribution in [0.4, 0.5) is 0 Å². The first-order chi connectivity index (χ1) is 15.1. The summed E-state index contributed by atoms with van der Waals surface area (Å²) in [6.07, 6.45) is 0.586. The Morgan fingerprint density at radius 2 is 1.78 bits per heavy atom. The second-order valence-electron chi connectivity index (χ2n) is 9.06. The van der Waals surface area contributed by atoms with Crippen LogP contribution in [-0.4, -0.2) is 30.4 Å². The molecule has 1 heterocycles. The summed E-state index contributed by atoms with van der Waals surface area (Å²) in [7, 11) is 1.65. The standard InChI is InChI=1S/C27H30O5/c1-15-16(2)25-23(18(4)24(15)28)13-27(5,32-25)14-31-26(29)17(3)19-7-8-21-12-22(30-6)10-9-20(21)11-19/h7-12,17,28H,13-14H2,1-6H3/t17-,27-/m0/s1. The van der Waals surface area contributed by atoms with Gasteiger partial charge in [0.15, 0.2) is 0 Å². The number of ether oxygens (including phenoxy) is 3. The highest BCUT2D eigenvalue weighted by Gasteiger charge is 2.39. The number of carbonyl (C=O) groups excluding carboxylic acids is 1. The fraction of sp³-hybridized carbons (Fsp3) is 0.370. The predicted molar refractivity (Wildman–Crippen MR) is 125 cm³/mol. The molecule has 0 aromatic heterocycles. The Morgan fingerprint density at radius 1 is 1.09 bits per heavy atom. The lowest BCUT2D eigenvalue weighted by Crippen LogP contribution is -2.37. The van der Waals surface area contributed by atoms with Crippen molar-refractivity contribution in [3.63, 3.8) is 0 Å². The van der Waals surface area contributed by atoms with Crippen LogP contribution in [0, 0.1) is 20.8 Å². The largest absolute Gasteiger partial charge is 0.507 e. The van der Waals surface area contributed by atoms with E-state index in [4.69, 9.17) is 14.2 Å². The van der Waals surface area contributed by atoms with Crippen LogP contribution >= 0.6 is 0 Å². The molecule has 0 radical (unpaired) electrons. The summed E-state index contributed by atoms with van der Waals surface area (Å²) in [5.74, 6) is 1.23. The third kappa shape index (κ3) is 3.77. The number of hydrogen-bond acceptors (Lipinski definition) is 5. The first kappa shape index (κ1) is 22.0. The van der Waals surface area contributed by atoms with Crippen molar-refractivity contribution in [3.05, 3.63) is 64.2 Å². The van der Waals surface area contributed by atoms with E-state index in [-0.39, 0.29) is 12.6 Å². The number of hydrogen-bond donors (Lipinski definition) is 1. The molecule has 1 aliphatic heterocycles. The second-order valence-corrected chi connectivity index (χ2v) is 9.06. The van der Waals surface area contributed by atoms with E-state index in [0.29, 0.717) is 12.2 Å². The average molecular weight is 435 g/mol. The summed E-state index contributed by atoms with van der Waals surface area (Å²) in [6, 6.07) is 11.8. The van der Waals surface area contributed by atoms with Crippen molar-refractivity contribution in [1.29, 1.82) is 0 Å². The molecule has 5 heteroatoms. The van der Waals surface area contributed by atoms with Crippen LogP contribution in [0.25, 0.3) is 10.8 Å². The molecule has 4 rings (SSSR count). The van der Waals surface area contributed by atoms with Gasteiger partial charge in [-0.25, -0.2) is 0 Å². The van der Waals surface area contributed by atoms with E-state index in [2.05, 4.69) is 0 Å². The molecule has 0 saturated carbocycles. The number of phenolic OH excluding ortho intramolecular Hbond substituents is 1. The third-order valence-electron chi connectivity index (χ3n) is 6.68. The van der Waals surface area contributed by atoms with E-state index in [1.165, 1.54) is 0 Å². The first-order valence-corrected chi connectivity index (χ1v) is 10.9. The summed E-state index contributed by atoms with van der Waals surface area (Å²) in [6.45, 7) is 9.68.